The van der Waals surface area contributed by atoms with E-state index < -0.39 is 0 Å². The second-order valence-corrected chi connectivity index (χ2v) is 8.99. The Morgan fingerprint density at radius 1 is 1.16 bits per heavy atom. The van der Waals surface area contributed by atoms with Crippen LogP contribution in [0, 0.1) is 0 Å². The fourth-order valence-corrected chi connectivity index (χ4v) is 5.04. The van der Waals surface area contributed by atoms with Crippen LogP contribution in [0.2, 0.25) is 0 Å². The molecule has 1 saturated carbocycles. The van der Waals surface area contributed by atoms with Gasteiger partial charge in [-0.2, -0.15) is 0 Å². The zero-order valence-corrected chi connectivity index (χ0v) is 21.7. The first-order valence-electron chi connectivity index (χ1n) is 11.5. The van der Waals surface area contributed by atoms with E-state index >= 15 is 0 Å². The van der Waals surface area contributed by atoms with Crippen LogP contribution in [0.1, 0.15) is 50.5 Å². The maximum atomic E-state index is 12.3. The molecule has 1 unspecified atom stereocenters. The van der Waals surface area contributed by atoms with Gasteiger partial charge in [-0.25, -0.2) is 0 Å². The highest BCUT2D eigenvalue weighted by atomic mass is 127. The number of carbonyl (C=O) groups excluding carboxylic acids is 1. The molecule has 31 heavy (non-hydrogen) atoms. The monoisotopic (exact) mass is 541 g/mol. The summed E-state index contributed by atoms with van der Waals surface area (Å²) in [6.07, 6.45) is 8.16. The van der Waals surface area contributed by atoms with Crippen LogP contribution in [0.3, 0.4) is 0 Å². The van der Waals surface area contributed by atoms with E-state index in [1.807, 2.05) is 21.1 Å². The van der Waals surface area contributed by atoms with Crippen molar-refractivity contribution in [2.75, 3.05) is 47.3 Å². The first kappa shape index (κ1) is 25.9. The molecular weight excluding hydrogens is 501 g/mol. The molecule has 0 aromatic heterocycles. The predicted molar refractivity (Wildman–Crippen MR) is 139 cm³/mol. The lowest BCUT2D eigenvalue weighted by atomic mass is 9.79. The predicted octanol–water partition coefficient (Wildman–Crippen LogP) is 3.22. The van der Waals surface area contributed by atoms with Gasteiger partial charge in [0.2, 0.25) is 5.91 Å². The second kappa shape index (κ2) is 12.6. The zero-order chi connectivity index (χ0) is 21.4. The molecule has 6 nitrogen and oxygen atoms in total. The number of nitrogens with zero attached hydrogens (tertiary/aromatic N) is 3. The van der Waals surface area contributed by atoms with Crippen molar-refractivity contribution in [2.45, 2.75) is 56.4 Å². The molecule has 1 saturated heterocycles. The van der Waals surface area contributed by atoms with Crippen molar-refractivity contribution in [3.63, 3.8) is 0 Å². The summed E-state index contributed by atoms with van der Waals surface area (Å²) in [5, 5.41) is 7.06. The summed E-state index contributed by atoms with van der Waals surface area (Å²) < 4.78 is 0. The minimum absolute atomic E-state index is 0. The zero-order valence-electron chi connectivity index (χ0n) is 19.4. The van der Waals surface area contributed by atoms with E-state index in [1.54, 1.807) is 4.90 Å². The van der Waals surface area contributed by atoms with Gasteiger partial charge in [-0.3, -0.25) is 14.7 Å². The van der Waals surface area contributed by atoms with Crippen molar-refractivity contribution in [3.05, 3.63) is 35.9 Å². The maximum absolute atomic E-state index is 12.3. The van der Waals surface area contributed by atoms with Crippen LogP contribution in [-0.2, 0) is 10.2 Å². The van der Waals surface area contributed by atoms with Gasteiger partial charge in [0.05, 0.1) is 6.04 Å². The molecule has 0 radical (unpaired) electrons. The molecule has 2 N–H and O–H groups in total. The van der Waals surface area contributed by atoms with Crippen molar-refractivity contribution < 1.29 is 4.79 Å². The van der Waals surface area contributed by atoms with Gasteiger partial charge in [0, 0.05) is 46.2 Å². The molecule has 1 aromatic rings. The third-order valence-electron chi connectivity index (χ3n) is 6.77. The van der Waals surface area contributed by atoms with Crippen LogP contribution < -0.4 is 10.6 Å². The fraction of sp³-hybridized carbons (Fsp3) is 0.667. The standard InChI is InChI=1S/C24H39N5O.HI/c1-25-23(26-16-10-18-29-17-9-13-21(29)22(30)28(2)3)27-19-24(14-7-8-15-24)20-11-5-4-6-12-20;/h4-6,11-12,21H,7-10,13-19H2,1-3H3,(H2,25,26,27);1H. The second-order valence-electron chi connectivity index (χ2n) is 8.99. The third-order valence-corrected chi connectivity index (χ3v) is 6.77. The molecule has 174 valence electrons. The lowest BCUT2D eigenvalue weighted by molar-refractivity contribution is -0.133. The molecule has 1 aliphatic heterocycles. The number of guanidine groups is 1. The molecule has 0 bridgehead atoms. The summed E-state index contributed by atoms with van der Waals surface area (Å²) in [7, 11) is 5.54. The van der Waals surface area contributed by atoms with E-state index in [9.17, 15) is 4.79 Å². The molecule has 2 aliphatic rings. The van der Waals surface area contributed by atoms with Crippen molar-refractivity contribution in [2.24, 2.45) is 4.99 Å². The summed E-state index contributed by atoms with van der Waals surface area (Å²) in [5.74, 6) is 1.11. The molecule has 3 rings (SSSR count). The SMILES string of the molecule is CN=C(NCCCN1CCCC1C(=O)N(C)C)NCC1(c2ccccc2)CCCC1.I. The Hall–Kier alpha value is -1.35. The van der Waals surface area contributed by atoms with E-state index in [-0.39, 0.29) is 41.3 Å². The lowest BCUT2D eigenvalue weighted by Crippen LogP contribution is -2.46. The van der Waals surface area contributed by atoms with Crippen LogP contribution in [0.15, 0.2) is 35.3 Å². The molecule has 0 spiro atoms. The van der Waals surface area contributed by atoms with E-state index in [0.717, 1.165) is 51.4 Å². The van der Waals surface area contributed by atoms with Gasteiger partial charge >= 0.3 is 0 Å². The Morgan fingerprint density at radius 2 is 1.87 bits per heavy atom. The van der Waals surface area contributed by atoms with Gasteiger partial charge < -0.3 is 15.5 Å². The number of hydrogen-bond donors (Lipinski definition) is 2. The Labute approximate surface area is 205 Å². The molecule has 1 aromatic carbocycles. The highest BCUT2D eigenvalue weighted by molar-refractivity contribution is 14.0. The van der Waals surface area contributed by atoms with Gasteiger partial charge in [-0.1, -0.05) is 43.2 Å². The number of amides is 1. The van der Waals surface area contributed by atoms with Crippen LogP contribution in [0.25, 0.3) is 0 Å². The Bertz CT molecular complexity index is 703. The van der Waals surface area contributed by atoms with Crippen LogP contribution in [0.5, 0.6) is 0 Å². The summed E-state index contributed by atoms with van der Waals surface area (Å²) in [6.45, 7) is 3.75. The third kappa shape index (κ3) is 6.81. The van der Waals surface area contributed by atoms with Gasteiger partial charge in [0.25, 0.3) is 0 Å². The van der Waals surface area contributed by atoms with Crippen molar-refractivity contribution in [1.29, 1.82) is 0 Å². The lowest BCUT2D eigenvalue weighted by Gasteiger charge is -2.31. The van der Waals surface area contributed by atoms with Crippen LogP contribution in [-0.4, -0.2) is 75.0 Å². The number of halogens is 1. The van der Waals surface area contributed by atoms with Gasteiger partial charge in [0.15, 0.2) is 5.96 Å². The number of hydrogen-bond acceptors (Lipinski definition) is 3. The summed E-state index contributed by atoms with van der Waals surface area (Å²) in [4.78, 5) is 20.8. The number of carbonyl (C=O) groups is 1. The maximum Gasteiger partial charge on any atom is 0.239 e. The Kier molecular flexibility index (Phi) is 10.6. The van der Waals surface area contributed by atoms with Crippen molar-refractivity contribution in [1.82, 2.24) is 20.4 Å². The average Bonchev–Trinajstić information content (AvgIpc) is 3.43. The van der Waals surface area contributed by atoms with Crippen molar-refractivity contribution >= 4 is 35.8 Å². The normalized spacial score (nSPS) is 20.9. The molecule has 1 amide bonds. The minimum atomic E-state index is 0. The largest absolute Gasteiger partial charge is 0.356 e. The first-order valence-corrected chi connectivity index (χ1v) is 11.5. The Balaban J connectivity index is 0.00000341. The quantitative estimate of drug-likeness (QED) is 0.230. The van der Waals surface area contributed by atoms with Gasteiger partial charge in [-0.15, -0.1) is 24.0 Å². The summed E-state index contributed by atoms with van der Waals surface area (Å²) >= 11 is 0. The minimum Gasteiger partial charge on any atom is -0.356 e. The number of rotatable bonds is 8. The molecule has 1 heterocycles. The van der Waals surface area contributed by atoms with E-state index in [0.29, 0.717) is 0 Å². The number of likely N-dealkylation sites (tertiary alicyclic amines) is 1. The van der Waals surface area contributed by atoms with E-state index in [2.05, 4.69) is 50.9 Å². The average molecular weight is 542 g/mol. The van der Waals surface area contributed by atoms with Gasteiger partial charge in [-0.05, 0) is 44.2 Å². The number of nitrogens with one attached hydrogen (secondary N) is 2. The molecule has 2 fully saturated rings. The van der Waals surface area contributed by atoms with E-state index in [4.69, 9.17) is 0 Å². The van der Waals surface area contributed by atoms with Crippen LogP contribution >= 0.6 is 24.0 Å². The highest BCUT2D eigenvalue weighted by Crippen LogP contribution is 2.40. The van der Waals surface area contributed by atoms with Crippen molar-refractivity contribution in [3.8, 4) is 0 Å². The van der Waals surface area contributed by atoms with E-state index in [1.165, 1.54) is 31.2 Å². The first-order chi connectivity index (χ1) is 14.6. The summed E-state index contributed by atoms with van der Waals surface area (Å²) in [5.41, 5.74) is 1.66. The molecule has 1 atom stereocenters. The molecule has 7 heteroatoms. The highest BCUT2D eigenvalue weighted by Gasteiger charge is 2.35. The number of aliphatic imine (C=N–C) groups is 1. The number of likely N-dealkylation sites (N-methyl/N-ethyl adjacent to an activating group) is 1. The Morgan fingerprint density at radius 3 is 2.52 bits per heavy atom. The molecule has 1 aliphatic carbocycles. The fourth-order valence-electron chi connectivity index (χ4n) is 5.04. The smallest absolute Gasteiger partial charge is 0.239 e. The summed E-state index contributed by atoms with van der Waals surface area (Å²) in [6, 6.07) is 11.0. The van der Waals surface area contributed by atoms with Gasteiger partial charge in [0.1, 0.15) is 0 Å². The molecular formula is C24H40IN5O. The van der Waals surface area contributed by atoms with Crippen LogP contribution in [0.4, 0.5) is 0 Å². The topological polar surface area (TPSA) is 60.0 Å². The number of benzene rings is 1.